The first-order chi connectivity index (χ1) is 12.1. The van der Waals surface area contributed by atoms with Crippen LogP contribution in [-0.4, -0.2) is 53.2 Å². The number of rotatable bonds is 6. The van der Waals surface area contributed by atoms with Crippen molar-refractivity contribution in [1.82, 2.24) is 10.2 Å². The Morgan fingerprint density at radius 3 is 2.38 bits per heavy atom. The Morgan fingerprint density at radius 2 is 1.85 bits per heavy atom. The number of fused-ring (bicyclic) bond motifs is 1. The molecule has 1 heterocycles. The monoisotopic (exact) mass is 368 g/mol. The van der Waals surface area contributed by atoms with Gasteiger partial charge in [-0.1, -0.05) is 20.3 Å². The molecule has 2 fully saturated rings. The molecule has 2 unspecified atom stereocenters. The Morgan fingerprint density at radius 1 is 1.19 bits per heavy atom. The van der Waals surface area contributed by atoms with Crippen LogP contribution in [0.4, 0.5) is 4.79 Å². The molecule has 0 bridgehead atoms. The molecule has 1 saturated heterocycles. The Hall–Kier alpha value is -1.79. The van der Waals surface area contributed by atoms with Crippen molar-refractivity contribution in [3.8, 4) is 0 Å². The van der Waals surface area contributed by atoms with Gasteiger partial charge in [0.1, 0.15) is 17.7 Å². The van der Waals surface area contributed by atoms with Crippen molar-refractivity contribution in [3.05, 3.63) is 0 Å². The maximum Gasteiger partial charge on any atom is 0.408 e. The van der Waals surface area contributed by atoms with Crippen LogP contribution in [0.25, 0.3) is 0 Å². The Bertz CT molecular complexity index is 557. The summed E-state index contributed by atoms with van der Waals surface area (Å²) in [7, 11) is 0. The Labute approximate surface area is 155 Å². The molecule has 7 nitrogen and oxygen atoms in total. The third-order valence-corrected chi connectivity index (χ3v) is 5.07. The fraction of sp³-hybridized carbons (Fsp3) is 0.842. The standard InChI is InChI=1S/C19H32N2O5/c1-7-11(3)15(20-18(24)26-19(4,5)6)16(22)21-13-9-12(13)10-14(21)17(23)25-8-2/h11-15H,7-10H2,1-6H3,(H,20,24)/t11?,12?,13-,14-,15-/m0/s1. The molecule has 5 atom stereocenters. The fourth-order valence-corrected chi connectivity index (χ4v) is 3.50. The number of piperidine rings is 1. The first-order valence-electron chi connectivity index (χ1n) is 9.57. The number of carbonyl (C=O) groups is 3. The van der Waals surface area contributed by atoms with E-state index in [-0.39, 0.29) is 30.4 Å². The van der Waals surface area contributed by atoms with E-state index in [0.29, 0.717) is 12.3 Å². The maximum atomic E-state index is 13.3. The van der Waals surface area contributed by atoms with Gasteiger partial charge in [-0.2, -0.15) is 0 Å². The van der Waals surface area contributed by atoms with Gasteiger partial charge in [-0.15, -0.1) is 0 Å². The van der Waals surface area contributed by atoms with Gasteiger partial charge in [0.05, 0.1) is 6.61 Å². The minimum atomic E-state index is -0.717. The zero-order valence-electron chi connectivity index (χ0n) is 16.7. The molecular weight excluding hydrogens is 336 g/mol. The SMILES string of the molecule is CCOC(=O)[C@@H]1CC2C[C@@H]2N1C(=O)[C@@H](NC(=O)OC(C)(C)C)C(C)CC. The number of ether oxygens (including phenoxy) is 2. The summed E-state index contributed by atoms with van der Waals surface area (Å²) in [5.74, 6) is -0.274. The molecule has 0 aromatic heterocycles. The van der Waals surface area contributed by atoms with Gasteiger partial charge in [0.2, 0.25) is 5.91 Å². The zero-order chi connectivity index (χ0) is 19.6. The highest BCUT2D eigenvalue weighted by molar-refractivity contribution is 5.91. The van der Waals surface area contributed by atoms with Gasteiger partial charge in [0.15, 0.2) is 0 Å². The van der Waals surface area contributed by atoms with Crippen LogP contribution in [0.15, 0.2) is 0 Å². The number of amides is 2. The average Bonchev–Trinajstić information content (AvgIpc) is 3.20. The smallest absolute Gasteiger partial charge is 0.408 e. The number of hydrogen-bond acceptors (Lipinski definition) is 5. The van der Waals surface area contributed by atoms with E-state index >= 15 is 0 Å². The van der Waals surface area contributed by atoms with Crippen LogP contribution in [0.1, 0.15) is 60.8 Å². The molecule has 1 saturated carbocycles. The van der Waals surface area contributed by atoms with Gasteiger partial charge in [0, 0.05) is 6.04 Å². The van der Waals surface area contributed by atoms with Crippen molar-refractivity contribution < 1.29 is 23.9 Å². The minimum absolute atomic E-state index is 0.0735. The molecular formula is C19H32N2O5. The molecule has 1 aliphatic carbocycles. The summed E-state index contributed by atoms with van der Waals surface area (Å²) >= 11 is 0. The van der Waals surface area contributed by atoms with Crippen molar-refractivity contribution in [3.63, 3.8) is 0 Å². The lowest BCUT2D eigenvalue weighted by Gasteiger charge is -2.33. The Balaban J connectivity index is 2.14. The third-order valence-electron chi connectivity index (χ3n) is 5.07. The first-order valence-corrected chi connectivity index (χ1v) is 9.57. The van der Waals surface area contributed by atoms with Crippen LogP contribution in [0.5, 0.6) is 0 Å². The van der Waals surface area contributed by atoms with Crippen LogP contribution < -0.4 is 5.32 Å². The van der Waals surface area contributed by atoms with E-state index in [9.17, 15) is 14.4 Å². The van der Waals surface area contributed by atoms with Crippen molar-refractivity contribution in [2.45, 2.75) is 84.5 Å². The zero-order valence-corrected chi connectivity index (χ0v) is 16.7. The second-order valence-corrected chi connectivity index (χ2v) is 8.32. The van der Waals surface area contributed by atoms with Crippen molar-refractivity contribution in [2.75, 3.05) is 6.61 Å². The van der Waals surface area contributed by atoms with Crippen molar-refractivity contribution in [1.29, 1.82) is 0 Å². The van der Waals surface area contributed by atoms with E-state index in [2.05, 4.69) is 5.32 Å². The molecule has 2 amide bonds. The predicted molar refractivity (Wildman–Crippen MR) is 96.4 cm³/mol. The second-order valence-electron chi connectivity index (χ2n) is 8.32. The third kappa shape index (κ3) is 4.68. The highest BCUT2D eigenvalue weighted by Gasteiger charge is 2.57. The normalized spacial score (nSPS) is 26.5. The second kappa shape index (κ2) is 7.84. The number of carbonyl (C=O) groups excluding carboxylic acids is 3. The number of nitrogens with one attached hydrogen (secondary N) is 1. The summed E-state index contributed by atoms with van der Waals surface area (Å²) in [6.45, 7) is 11.3. The van der Waals surface area contributed by atoms with Crippen molar-refractivity contribution >= 4 is 18.0 Å². The number of nitrogens with zero attached hydrogens (tertiary/aromatic N) is 1. The first kappa shape index (κ1) is 20.5. The lowest BCUT2D eigenvalue weighted by atomic mass is 9.97. The summed E-state index contributed by atoms with van der Waals surface area (Å²) in [4.78, 5) is 39.4. The molecule has 0 aromatic rings. The Kier molecular flexibility index (Phi) is 6.19. The van der Waals surface area contributed by atoms with Crippen molar-refractivity contribution in [2.24, 2.45) is 11.8 Å². The molecule has 0 radical (unpaired) electrons. The van der Waals surface area contributed by atoms with Gasteiger partial charge in [-0.3, -0.25) is 4.79 Å². The van der Waals surface area contributed by atoms with Crippen LogP contribution in [0.2, 0.25) is 0 Å². The van der Waals surface area contributed by atoms with Crippen LogP contribution in [0, 0.1) is 11.8 Å². The summed E-state index contributed by atoms with van der Waals surface area (Å²) < 4.78 is 10.5. The minimum Gasteiger partial charge on any atom is -0.464 e. The van der Waals surface area contributed by atoms with Gasteiger partial charge in [-0.25, -0.2) is 9.59 Å². The lowest BCUT2D eigenvalue weighted by molar-refractivity contribution is -0.155. The molecule has 1 aliphatic heterocycles. The fourth-order valence-electron chi connectivity index (χ4n) is 3.50. The average molecular weight is 368 g/mol. The molecule has 7 heteroatoms. The number of alkyl carbamates (subject to hydrolysis) is 1. The van der Waals surface area contributed by atoms with Gasteiger partial charge >= 0.3 is 12.1 Å². The highest BCUT2D eigenvalue weighted by atomic mass is 16.6. The molecule has 1 N–H and O–H groups in total. The van der Waals surface area contributed by atoms with Crippen LogP contribution >= 0.6 is 0 Å². The number of esters is 1. The topological polar surface area (TPSA) is 84.9 Å². The van der Waals surface area contributed by atoms with E-state index < -0.39 is 23.8 Å². The van der Waals surface area contributed by atoms with Gasteiger partial charge < -0.3 is 19.7 Å². The van der Waals surface area contributed by atoms with Crippen LogP contribution in [0.3, 0.4) is 0 Å². The maximum absolute atomic E-state index is 13.3. The van der Waals surface area contributed by atoms with Crippen LogP contribution in [-0.2, 0) is 19.1 Å². The van der Waals surface area contributed by atoms with Gasteiger partial charge in [-0.05, 0) is 52.4 Å². The number of likely N-dealkylation sites (tertiary alicyclic amines) is 1. The summed E-state index contributed by atoms with van der Waals surface area (Å²) in [6.07, 6.45) is 1.67. The molecule has 0 spiro atoms. The quantitative estimate of drug-likeness (QED) is 0.728. The predicted octanol–water partition coefficient (Wildman–Crippen LogP) is 2.48. The highest BCUT2D eigenvalue weighted by Crippen LogP contribution is 2.48. The molecule has 26 heavy (non-hydrogen) atoms. The van der Waals surface area contributed by atoms with E-state index in [1.54, 1.807) is 32.6 Å². The van der Waals surface area contributed by atoms with E-state index in [0.717, 1.165) is 12.8 Å². The summed E-state index contributed by atoms with van der Waals surface area (Å²) in [5, 5.41) is 2.73. The van der Waals surface area contributed by atoms with E-state index in [1.807, 2.05) is 13.8 Å². The van der Waals surface area contributed by atoms with E-state index in [4.69, 9.17) is 9.47 Å². The molecule has 148 valence electrons. The summed E-state index contributed by atoms with van der Waals surface area (Å²) in [6, 6.07) is -1.17. The van der Waals surface area contributed by atoms with Gasteiger partial charge in [0.25, 0.3) is 0 Å². The molecule has 0 aromatic carbocycles. The number of hydrogen-bond donors (Lipinski definition) is 1. The molecule has 2 rings (SSSR count). The largest absolute Gasteiger partial charge is 0.464 e. The van der Waals surface area contributed by atoms with E-state index in [1.165, 1.54) is 0 Å². The summed E-state index contributed by atoms with van der Waals surface area (Å²) in [5.41, 5.74) is -0.643. The molecule has 2 aliphatic rings. The lowest BCUT2D eigenvalue weighted by Crippen LogP contribution is -2.56.